The molecule has 4 aromatic heterocycles. The third-order valence-electron chi connectivity index (χ3n) is 6.25. The molecule has 6 aromatic rings. The van der Waals surface area contributed by atoms with Crippen molar-refractivity contribution in [2.75, 3.05) is 0 Å². The Labute approximate surface area is 200 Å². The normalized spacial score (nSPS) is 14.4. The second kappa shape index (κ2) is 7.59. The van der Waals surface area contributed by atoms with Gasteiger partial charge < -0.3 is 4.74 Å². The van der Waals surface area contributed by atoms with Crippen molar-refractivity contribution in [1.82, 2.24) is 34.3 Å². The van der Waals surface area contributed by atoms with Crippen LogP contribution in [0.3, 0.4) is 0 Å². The molecule has 5 heterocycles. The minimum atomic E-state index is -0.176. The number of aromatic nitrogens is 7. The van der Waals surface area contributed by atoms with Gasteiger partial charge in [-0.3, -0.25) is 4.98 Å². The standard InChI is InChI=1S/C27H19N7O/c1-17-21-22(18-10-4-2-5-11-18)23-25-30-24(20-14-8-9-15-28-20)32-33(25)16-29-26(23)35-27(21)34(31-17)19-12-6-3-7-13-19/h2-16,22H,1H3. The number of ether oxygens (including phenoxy) is 1. The molecule has 0 amide bonds. The van der Waals surface area contributed by atoms with E-state index in [4.69, 9.17) is 14.8 Å². The van der Waals surface area contributed by atoms with E-state index in [0.29, 0.717) is 28.9 Å². The van der Waals surface area contributed by atoms with Crippen LogP contribution in [0.15, 0.2) is 91.4 Å². The Morgan fingerprint density at radius 3 is 2.34 bits per heavy atom. The smallest absolute Gasteiger partial charge is 0.230 e. The maximum Gasteiger partial charge on any atom is 0.230 e. The van der Waals surface area contributed by atoms with Crippen molar-refractivity contribution < 1.29 is 4.74 Å². The third-order valence-corrected chi connectivity index (χ3v) is 6.25. The van der Waals surface area contributed by atoms with Gasteiger partial charge in [0.1, 0.15) is 12.0 Å². The summed E-state index contributed by atoms with van der Waals surface area (Å²) in [6.07, 6.45) is 3.37. The maximum atomic E-state index is 6.45. The first-order chi connectivity index (χ1) is 17.3. The minimum absolute atomic E-state index is 0.176. The first kappa shape index (κ1) is 19.6. The number of benzene rings is 2. The van der Waals surface area contributed by atoms with Crippen molar-refractivity contribution in [3.05, 3.63) is 114 Å². The molecule has 7 rings (SSSR count). The Bertz CT molecular complexity index is 1680. The van der Waals surface area contributed by atoms with Gasteiger partial charge in [-0.1, -0.05) is 54.6 Å². The largest absolute Gasteiger partial charge is 0.420 e. The molecule has 0 aliphatic carbocycles. The zero-order chi connectivity index (χ0) is 23.4. The molecule has 35 heavy (non-hydrogen) atoms. The quantitative estimate of drug-likeness (QED) is 0.373. The van der Waals surface area contributed by atoms with E-state index in [1.165, 1.54) is 0 Å². The number of rotatable bonds is 3. The topological polar surface area (TPSA) is 83.0 Å². The van der Waals surface area contributed by atoms with Crippen molar-refractivity contribution >= 4 is 5.65 Å². The van der Waals surface area contributed by atoms with Gasteiger partial charge in [0.05, 0.1) is 28.4 Å². The molecular formula is C27H19N7O. The van der Waals surface area contributed by atoms with Crippen molar-refractivity contribution in [2.45, 2.75) is 12.8 Å². The fraction of sp³-hybridized carbons (Fsp3) is 0.0741. The average Bonchev–Trinajstić information content (AvgIpc) is 3.50. The summed E-state index contributed by atoms with van der Waals surface area (Å²) in [6.45, 7) is 2.01. The third kappa shape index (κ3) is 3.03. The van der Waals surface area contributed by atoms with E-state index in [-0.39, 0.29) is 5.92 Å². The van der Waals surface area contributed by atoms with E-state index in [0.717, 1.165) is 28.1 Å². The van der Waals surface area contributed by atoms with E-state index in [9.17, 15) is 0 Å². The van der Waals surface area contributed by atoms with Crippen LogP contribution in [0.5, 0.6) is 11.8 Å². The van der Waals surface area contributed by atoms with E-state index < -0.39 is 0 Å². The summed E-state index contributed by atoms with van der Waals surface area (Å²) >= 11 is 0. The zero-order valence-corrected chi connectivity index (χ0v) is 18.8. The molecule has 1 unspecified atom stereocenters. The lowest BCUT2D eigenvalue weighted by molar-refractivity contribution is 0.402. The van der Waals surface area contributed by atoms with Gasteiger partial charge in [0.2, 0.25) is 17.6 Å². The summed E-state index contributed by atoms with van der Waals surface area (Å²) < 4.78 is 10.00. The molecule has 8 nitrogen and oxygen atoms in total. The van der Waals surface area contributed by atoms with E-state index >= 15 is 0 Å². The Hall–Kier alpha value is -4.85. The van der Waals surface area contributed by atoms with Crippen LogP contribution >= 0.6 is 0 Å². The summed E-state index contributed by atoms with van der Waals surface area (Å²) in [5, 5.41) is 9.52. The van der Waals surface area contributed by atoms with Gasteiger partial charge in [-0.2, -0.15) is 5.10 Å². The molecular weight excluding hydrogens is 438 g/mol. The van der Waals surface area contributed by atoms with E-state index in [2.05, 4.69) is 27.2 Å². The Morgan fingerprint density at radius 2 is 1.57 bits per heavy atom. The number of pyridine rings is 1. The molecule has 0 N–H and O–H groups in total. The molecule has 168 valence electrons. The molecule has 0 fully saturated rings. The SMILES string of the molecule is Cc1nn(-c2ccccc2)c2c1C(c1ccccc1)c1c(ncn3nc(-c4ccccn4)nc13)O2. The number of nitrogens with zero attached hydrogens (tertiary/aromatic N) is 7. The van der Waals surface area contributed by atoms with E-state index in [1.54, 1.807) is 17.0 Å². The first-order valence-corrected chi connectivity index (χ1v) is 11.3. The van der Waals surface area contributed by atoms with Crippen molar-refractivity contribution in [2.24, 2.45) is 0 Å². The molecule has 0 spiro atoms. The highest BCUT2D eigenvalue weighted by atomic mass is 16.5. The monoisotopic (exact) mass is 457 g/mol. The van der Waals surface area contributed by atoms with Crippen LogP contribution in [0.1, 0.15) is 28.3 Å². The van der Waals surface area contributed by atoms with Gasteiger partial charge in [0, 0.05) is 6.20 Å². The van der Waals surface area contributed by atoms with Crippen molar-refractivity contribution in [3.8, 4) is 29.0 Å². The molecule has 0 bridgehead atoms. The van der Waals surface area contributed by atoms with Crippen LogP contribution in [-0.2, 0) is 0 Å². The highest BCUT2D eigenvalue weighted by Crippen LogP contribution is 2.49. The highest BCUT2D eigenvalue weighted by Gasteiger charge is 2.38. The summed E-state index contributed by atoms with van der Waals surface area (Å²) in [4.78, 5) is 13.9. The van der Waals surface area contributed by atoms with Gasteiger partial charge >= 0.3 is 0 Å². The van der Waals surface area contributed by atoms with E-state index in [1.807, 2.05) is 78.3 Å². The van der Waals surface area contributed by atoms with Gasteiger partial charge in [-0.15, -0.1) is 5.10 Å². The zero-order valence-electron chi connectivity index (χ0n) is 18.8. The van der Waals surface area contributed by atoms with Crippen LogP contribution in [0.4, 0.5) is 0 Å². The summed E-state index contributed by atoms with van der Waals surface area (Å²) in [6, 6.07) is 26.0. The fourth-order valence-electron chi connectivity index (χ4n) is 4.70. The number of hydrogen-bond donors (Lipinski definition) is 0. The Morgan fingerprint density at radius 1 is 0.800 bits per heavy atom. The molecule has 1 aliphatic rings. The van der Waals surface area contributed by atoms with Gasteiger partial charge in [0.25, 0.3) is 0 Å². The summed E-state index contributed by atoms with van der Waals surface area (Å²) in [5.41, 5.74) is 6.14. The second-order valence-corrected chi connectivity index (χ2v) is 8.38. The Balaban J connectivity index is 1.50. The van der Waals surface area contributed by atoms with Crippen LogP contribution in [0.25, 0.3) is 22.9 Å². The lowest BCUT2D eigenvalue weighted by Crippen LogP contribution is -2.16. The van der Waals surface area contributed by atoms with Crippen molar-refractivity contribution in [3.63, 3.8) is 0 Å². The molecule has 1 atom stereocenters. The molecule has 8 heteroatoms. The molecule has 0 saturated carbocycles. The average molecular weight is 457 g/mol. The predicted molar refractivity (Wildman–Crippen MR) is 130 cm³/mol. The van der Waals surface area contributed by atoms with Crippen molar-refractivity contribution in [1.29, 1.82) is 0 Å². The van der Waals surface area contributed by atoms with Gasteiger partial charge in [-0.05, 0) is 36.8 Å². The van der Waals surface area contributed by atoms with Crippen LogP contribution in [0, 0.1) is 6.92 Å². The number of aryl methyl sites for hydroxylation is 1. The van der Waals surface area contributed by atoms with Crippen LogP contribution < -0.4 is 4.74 Å². The van der Waals surface area contributed by atoms with Gasteiger partial charge in [-0.25, -0.2) is 19.2 Å². The minimum Gasteiger partial charge on any atom is -0.420 e. The number of fused-ring (bicyclic) bond motifs is 4. The first-order valence-electron chi connectivity index (χ1n) is 11.3. The van der Waals surface area contributed by atoms with Crippen LogP contribution in [0.2, 0.25) is 0 Å². The molecule has 0 saturated heterocycles. The highest BCUT2D eigenvalue weighted by molar-refractivity contribution is 5.68. The second-order valence-electron chi connectivity index (χ2n) is 8.38. The molecule has 2 aromatic carbocycles. The summed E-state index contributed by atoms with van der Waals surface area (Å²) in [7, 11) is 0. The fourth-order valence-corrected chi connectivity index (χ4v) is 4.70. The predicted octanol–water partition coefficient (Wildman–Crippen LogP) is 4.97. The summed E-state index contributed by atoms with van der Waals surface area (Å²) in [5.74, 6) is 1.52. The number of hydrogen-bond acceptors (Lipinski definition) is 6. The van der Waals surface area contributed by atoms with Crippen LogP contribution in [-0.4, -0.2) is 34.3 Å². The lowest BCUT2D eigenvalue weighted by Gasteiger charge is -2.26. The maximum absolute atomic E-state index is 6.45. The number of para-hydroxylation sites is 1. The van der Waals surface area contributed by atoms with Gasteiger partial charge in [0.15, 0.2) is 5.65 Å². The molecule has 1 aliphatic heterocycles. The lowest BCUT2D eigenvalue weighted by atomic mass is 9.84. The molecule has 0 radical (unpaired) electrons. The Kier molecular flexibility index (Phi) is 4.25.